The molecule has 0 fully saturated rings. The van der Waals surface area contributed by atoms with Crippen LogP contribution in [0.4, 0.5) is 5.88 Å². The van der Waals surface area contributed by atoms with Crippen LogP contribution in [-0.4, -0.2) is 32.3 Å². The number of fused-ring (bicyclic) bond motifs is 1. The van der Waals surface area contributed by atoms with E-state index in [0.717, 1.165) is 34.5 Å². The summed E-state index contributed by atoms with van der Waals surface area (Å²) in [6, 6.07) is 3.66. The molecule has 0 spiro atoms. The second kappa shape index (κ2) is 6.83. The highest BCUT2D eigenvalue weighted by atomic mass is 16.5. The summed E-state index contributed by atoms with van der Waals surface area (Å²) in [4.78, 5) is 13.3. The second-order valence-electron chi connectivity index (χ2n) is 8.35. The van der Waals surface area contributed by atoms with Gasteiger partial charge in [0, 0.05) is 29.3 Å². The van der Waals surface area contributed by atoms with E-state index in [4.69, 9.17) is 18.7 Å². The highest BCUT2D eigenvalue weighted by Gasteiger charge is 2.44. The Kier molecular flexibility index (Phi) is 4.56. The van der Waals surface area contributed by atoms with Gasteiger partial charge in [-0.2, -0.15) is 0 Å². The summed E-state index contributed by atoms with van der Waals surface area (Å²) in [6.45, 7) is 6.08. The lowest BCUT2D eigenvalue weighted by Crippen LogP contribution is -2.33. The van der Waals surface area contributed by atoms with Crippen LogP contribution in [0, 0.1) is 12.3 Å². The normalized spacial score (nSPS) is 19.9. The van der Waals surface area contributed by atoms with Gasteiger partial charge in [0.15, 0.2) is 17.3 Å². The molecular weight excluding hydrogens is 372 g/mol. The van der Waals surface area contributed by atoms with Crippen LogP contribution in [0.5, 0.6) is 17.2 Å². The third-order valence-corrected chi connectivity index (χ3v) is 5.72. The number of aromatic nitrogens is 1. The maximum Gasteiger partial charge on any atom is 0.233 e. The number of methoxy groups -OCH3 is 3. The molecule has 29 heavy (non-hydrogen) atoms. The molecule has 7 nitrogen and oxygen atoms in total. The molecule has 1 aromatic carbocycles. The highest BCUT2D eigenvalue weighted by molar-refractivity contribution is 6.01. The van der Waals surface area contributed by atoms with Gasteiger partial charge in [0.25, 0.3) is 0 Å². The lowest BCUT2D eigenvalue weighted by Gasteiger charge is -2.38. The molecule has 0 saturated carbocycles. The molecule has 0 bridgehead atoms. The van der Waals surface area contributed by atoms with Crippen molar-refractivity contribution in [3.05, 3.63) is 40.2 Å². The van der Waals surface area contributed by atoms with Gasteiger partial charge in [-0.3, -0.25) is 4.79 Å². The Morgan fingerprint density at radius 3 is 2.38 bits per heavy atom. The molecule has 1 atom stereocenters. The van der Waals surface area contributed by atoms with E-state index in [-0.39, 0.29) is 17.1 Å². The monoisotopic (exact) mass is 398 g/mol. The molecule has 7 heteroatoms. The fourth-order valence-electron chi connectivity index (χ4n) is 4.46. The van der Waals surface area contributed by atoms with E-state index in [1.54, 1.807) is 27.4 Å². The molecule has 154 valence electrons. The number of carbonyl (C=O) groups is 1. The van der Waals surface area contributed by atoms with E-state index >= 15 is 0 Å². The summed E-state index contributed by atoms with van der Waals surface area (Å²) in [7, 11) is 4.77. The zero-order valence-electron chi connectivity index (χ0n) is 17.6. The van der Waals surface area contributed by atoms with Gasteiger partial charge in [-0.25, -0.2) is 0 Å². The van der Waals surface area contributed by atoms with Crippen LogP contribution in [0.2, 0.25) is 0 Å². The van der Waals surface area contributed by atoms with Crippen molar-refractivity contribution in [2.45, 2.75) is 39.5 Å². The first-order valence-corrected chi connectivity index (χ1v) is 9.59. The minimum absolute atomic E-state index is 0.122. The summed E-state index contributed by atoms with van der Waals surface area (Å²) in [5.41, 5.74) is 3.91. The van der Waals surface area contributed by atoms with Gasteiger partial charge in [0.1, 0.15) is 5.75 Å². The number of Topliss-reactive ketones (excluding diaryl/α,β-unsaturated/α-hetero) is 1. The number of rotatable bonds is 4. The molecule has 1 aliphatic carbocycles. The Balaban J connectivity index is 1.99. The minimum atomic E-state index is -0.356. The lowest BCUT2D eigenvalue weighted by atomic mass is 9.69. The number of benzene rings is 1. The average Bonchev–Trinajstić information content (AvgIpc) is 3.04. The number of ether oxygens (including phenoxy) is 3. The molecule has 2 heterocycles. The van der Waals surface area contributed by atoms with Gasteiger partial charge >= 0.3 is 0 Å². The van der Waals surface area contributed by atoms with Crippen molar-refractivity contribution >= 4 is 11.7 Å². The fourth-order valence-corrected chi connectivity index (χ4v) is 4.46. The molecule has 1 N–H and O–H groups in total. The summed E-state index contributed by atoms with van der Waals surface area (Å²) in [6.07, 6.45) is 1.23. The van der Waals surface area contributed by atoms with Gasteiger partial charge in [-0.1, -0.05) is 19.0 Å². The number of nitrogens with zero attached hydrogens (tertiary/aromatic N) is 1. The molecular formula is C22H26N2O5. The van der Waals surface area contributed by atoms with Crippen LogP contribution in [-0.2, 0) is 4.79 Å². The van der Waals surface area contributed by atoms with Gasteiger partial charge < -0.3 is 24.1 Å². The number of allylic oxidation sites excluding steroid dienone is 2. The predicted octanol–water partition coefficient (Wildman–Crippen LogP) is 4.21. The van der Waals surface area contributed by atoms with Crippen LogP contribution in [0.1, 0.15) is 49.4 Å². The number of ketones is 1. The van der Waals surface area contributed by atoms with Crippen molar-refractivity contribution in [3.8, 4) is 17.2 Å². The molecule has 4 rings (SSSR count). The van der Waals surface area contributed by atoms with E-state index < -0.39 is 0 Å². The number of anilines is 1. The second-order valence-corrected chi connectivity index (χ2v) is 8.35. The first-order chi connectivity index (χ1) is 13.8. The van der Waals surface area contributed by atoms with Gasteiger partial charge in [-0.15, -0.1) is 0 Å². The van der Waals surface area contributed by atoms with E-state index in [1.165, 1.54) is 0 Å². The highest BCUT2D eigenvalue weighted by Crippen LogP contribution is 2.52. The molecule has 2 aliphatic rings. The van der Waals surface area contributed by atoms with Gasteiger partial charge in [0.2, 0.25) is 5.88 Å². The lowest BCUT2D eigenvalue weighted by molar-refractivity contribution is -0.118. The van der Waals surface area contributed by atoms with E-state index in [0.29, 0.717) is 29.6 Å². The zero-order valence-corrected chi connectivity index (χ0v) is 17.6. The standard InChI is InChI=1S/C22H26N2O5/c1-11-18-19(12-7-16(27-5)17(28-6)8-15(12)26-4)20-13(23-21(18)29-24-11)9-22(2,3)10-14(20)25/h7-8,19,23H,9-10H2,1-6H3/t19-/m1/s1. The van der Waals surface area contributed by atoms with E-state index in [9.17, 15) is 4.79 Å². The SMILES string of the molecule is COc1cc(OC)c([C@H]2C3=C(CC(C)(C)CC3=O)Nc3onc(C)c32)cc1OC. The molecule has 0 radical (unpaired) electrons. The molecule has 2 aromatic rings. The van der Waals surface area contributed by atoms with Crippen LogP contribution >= 0.6 is 0 Å². The summed E-state index contributed by atoms with van der Waals surface area (Å²) >= 11 is 0. The first-order valence-electron chi connectivity index (χ1n) is 9.59. The van der Waals surface area contributed by atoms with Gasteiger partial charge in [0.05, 0.1) is 38.5 Å². The summed E-state index contributed by atoms with van der Waals surface area (Å²) in [5.74, 6) is 2.10. The summed E-state index contributed by atoms with van der Waals surface area (Å²) in [5, 5.41) is 7.48. The summed E-state index contributed by atoms with van der Waals surface area (Å²) < 4.78 is 22.2. The Labute approximate surface area is 170 Å². The average molecular weight is 398 g/mol. The number of nitrogens with one attached hydrogen (secondary N) is 1. The molecule has 0 saturated heterocycles. The van der Waals surface area contributed by atoms with Gasteiger partial charge in [-0.05, 0) is 24.8 Å². The molecule has 0 amide bonds. The number of carbonyl (C=O) groups excluding carboxylic acids is 1. The predicted molar refractivity (Wildman–Crippen MR) is 108 cm³/mol. The molecule has 0 unspecified atom stereocenters. The fraction of sp³-hybridized carbons (Fsp3) is 0.455. The van der Waals surface area contributed by atoms with E-state index in [2.05, 4.69) is 24.3 Å². The van der Waals surface area contributed by atoms with Crippen LogP contribution in [0.3, 0.4) is 0 Å². The Morgan fingerprint density at radius 1 is 1.07 bits per heavy atom. The number of hydrogen-bond acceptors (Lipinski definition) is 7. The Bertz CT molecular complexity index is 1020. The topological polar surface area (TPSA) is 82.8 Å². The smallest absolute Gasteiger partial charge is 0.233 e. The van der Waals surface area contributed by atoms with Crippen molar-refractivity contribution < 1.29 is 23.5 Å². The van der Waals surface area contributed by atoms with Crippen molar-refractivity contribution in [2.75, 3.05) is 26.6 Å². The number of aryl methyl sites for hydroxylation is 1. The van der Waals surface area contributed by atoms with Crippen molar-refractivity contribution in [1.29, 1.82) is 0 Å². The maximum absolute atomic E-state index is 13.3. The Hall–Kier alpha value is -2.96. The van der Waals surface area contributed by atoms with Crippen molar-refractivity contribution in [1.82, 2.24) is 5.16 Å². The van der Waals surface area contributed by atoms with Crippen LogP contribution < -0.4 is 19.5 Å². The third kappa shape index (κ3) is 3.05. The molecule has 1 aliphatic heterocycles. The van der Waals surface area contributed by atoms with Crippen LogP contribution in [0.15, 0.2) is 27.9 Å². The third-order valence-electron chi connectivity index (χ3n) is 5.72. The molecule has 1 aromatic heterocycles. The number of hydrogen-bond donors (Lipinski definition) is 1. The minimum Gasteiger partial charge on any atom is -0.496 e. The maximum atomic E-state index is 13.3. The zero-order chi connectivity index (χ0) is 20.9. The van der Waals surface area contributed by atoms with Crippen LogP contribution in [0.25, 0.3) is 0 Å². The van der Waals surface area contributed by atoms with Crippen molar-refractivity contribution in [3.63, 3.8) is 0 Å². The largest absolute Gasteiger partial charge is 0.496 e. The van der Waals surface area contributed by atoms with Crippen molar-refractivity contribution in [2.24, 2.45) is 5.41 Å². The quantitative estimate of drug-likeness (QED) is 0.826. The van der Waals surface area contributed by atoms with E-state index in [1.807, 2.05) is 13.0 Å². The first kappa shape index (κ1) is 19.4. The Morgan fingerprint density at radius 2 is 1.72 bits per heavy atom.